The molecule has 0 radical (unpaired) electrons. The Morgan fingerprint density at radius 2 is 1.95 bits per heavy atom. The maximum absolute atomic E-state index is 15.5. The number of anilines is 2. The lowest BCUT2D eigenvalue weighted by molar-refractivity contribution is 0.128. The van der Waals surface area contributed by atoms with Gasteiger partial charge >= 0.3 is 6.09 Å². The second-order valence-corrected chi connectivity index (χ2v) is 13.4. The van der Waals surface area contributed by atoms with E-state index in [1.807, 2.05) is 0 Å². The Labute approximate surface area is 256 Å². The SMILES string of the molecule is COc1ccc(CN(c2ncc(F)s2)S(=O)(=O)c2cc(Cl)c(NCC(CC3(CF)CC3)N(C)C(=O)O)cc2F)c(OC)c1. The topological polar surface area (TPSA) is 121 Å². The molecule has 0 aliphatic heterocycles. The maximum atomic E-state index is 15.5. The minimum Gasteiger partial charge on any atom is -0.497 e. The van der Waals surface area contributed by atoms with Crippen molar-refractivity contribution in [3.8, 4) is 11.5 Å². The molecule has 0 spiro atoms. The molecular formula is C27H30ClF3N4O6S2. The van der Waals surface area contributed by atoms with Crippen LogP contribution < -0.4 is 19.1 Å². The third-order valence-electron chi connectivity index (χ3n) is 7.36. The maximum Gasteiger partial charge on any atom is 0.407 e. The molecule has 1 aliphatic rings. The normalized spacial score (nSPS) is 14.6. The molecule has 0 bridgehead atoms. The number of nitrogens with one attached hydrogen (secondary N) is 1. The summed E-state index contributed by atoms with van der Waals surface area (Å²) in [4.78, 5) is 15.7. The Morgan fingerprint density at radius 3 is 2.51 bits per heavy atom. The molecule has 1 unspecified atom stereocenters. The molecule has 2 N–H and O–H groups in total. The first-order chi connectivity index (χ1) is 20.3. The molecule has 4 rings (SSSR count). The van der Waals surface area contributed by atoms with E-state index < -0.39 is 50.1 Å². The number of carbonyl (C=O) groups is 1. The summed E-state index contributed by atoms with van der Waals surface area (Å²) in [6.45, 7) is -1.00. The second kappa shape index (κ2) is 13.1. The summed E-state index contributed by atoms with van der Waals surface area (Å²) in [5, 5.41) is 11.2. The summed E-state index contributed by atoms with van der Waals surface area (Å²) in [5.74, 6) is -0.442. The van der Waals surface area contributed by atoms with Crippen molar-refractivity contribution in [3.63, 3.8) is 0 Å². The van der Waals surface area contributed by atoms with Crippen molar-refractivity contribution in [1.29, 1.82) is 0 Å². The molecule has 1 aliphatic carbocycles. The number of benzene rings is 2. The molecular weight excluding hydrogens is 633 g/mol. The van der Waals surface area contributed by atoms with E-state index in [1.165, 1.54) is 27.3 Å². The van der Waals surface area contributed by atoms with Gasteiger partial charge in [0.25, 0.3) is 10.0 Å². The summed E-state index contributed by atoms with van der Waals surface area (Å²) >= 11 is 6.85. The number of sulfonamides is 1. The van der Waals surface area contributed by atoms with Gasteiger partial charge in [-0.2, -0.15) is 4.39 Å². The van der Waals surface area contributed by atoms with E-state index in [9.17, 15) is 27.1 Å². The molecule has 1 saturated carbocycles. The van der Waals surface area contributed by atoms with Crippen molar-refractivity contribution in [2.24, 2.45) is 5.41 Å². The average molecular weight is 663 g/mol. The number of alkyl halides is 1. The molecule has 1 heterocycles. The van der Waals surface area contributed by atoms with Crippen LogP contribution in [-0.2, 0) is 16.6 Å². The Bertz CT molecular complexity index is 1590. The fourth-order valence-electron chi connectivity index (χ4n) is 4.53. The fraction of sp³-hybridized carbons (Fsp3) is 0.407. The number of halogens is 4. The fourth-order valence-corrected chi connectivity index (χ4v) is 7.16. The molecule has 43 heavy (non-hydrogen) atoms. The molecule has 1 atom stereocenters. The monoisotopic (exact) mass is 662 g/mol. The number of thiazole rings is 1. The van der Waals surface area contributed by atoms with E-state index in [2.05, 4.69) is 10.3 Å². The molecule has 1 amide bonds. The first-order valence-electron chi connectivity index (χ1n) is 12.9. The molecule has 3 aromatic rings. The smallest absolute Gasteiger partial charge is 0.407 e. The van der Waals surface area contributed by atoms with Crippen molar-refractivity contribution in [2.75, 3.05) is 44.1 Å². The Morgan fingerprint density at radius 1 is 1.23 bits per heavy atom. The number of nitrogens with zero attached hydrogens (tertiary/aromatic N) is 3. The molecule has 2 aromatic carbocycles. The standard InChI is InChI=1S/C27H30ClF3N4O6S2/c1-34(26(36)37)17(11-27(15-29)6-7-27)12-32-21-10-20(30)23(9-19(21)28)43(38,39)35(25-33-13-24(31)42-25)14-16-4-5-18(40-2)8-22(16)41-3/h4-5,8-10,13,17,32H,6-7,11-12,14-15H2,1-3H3,(H,36,37). The van der Waals surface area contributed by atoms with E-state index in [0.717, 1.165) is 27.5 Å². The van der Waals surface area contributed by atoms with Crippen LogP contribution in [0.2, 0.25) is 5.02 Å². The van der Waals surface area contributed by atoms with Crippen molar-refractivity contribution >= 4 is 49.9 Å². The number of hydrogen-bond donors (Lipinski definition) is 2. The van der Waals surface area contributed by atoms with E-state index in [-0.39, 0.29) is 41.1 Å². The highest BCUT2D eigenvalue weighted by Gasteiger charge is 2.45. The van der Waals surface area contributed by atoms with Gasteiger partial charge in [0.15, 0.2) is 5.13 Å². The zero-order valence-corrected chi connectivity index (χ0v) is 25.8. The van der Waals surface area contributed by atoms with E-state index >= 15 is 4.39 Å². The van der Waals surface area contributed by atoms with E-state index in [1.54, 1.807) is 12.1 Å². The van der Waals surface area contributed by atoms with Crippen LogP contribution in [0.25, 0.3) is 0 Å². The lowest BCUT2D eigenvalue weighted by Crippen LogP contribution is -2.42. The number of ether oxygens (including phenoxy) is 2. The number of amides is 1. The van der Waals surface area contributed by atoms with Crippen LogP contribution >= 0.6 is 22.9 Å². The highest BCUT2D eigenvalue weighted by atomic mass is 35.5. The van der Waals surface area contributed by atoms with Crippen LogP contribution in [0.5, 0.6) is 11.5 Å². The lowest BCUT2D eigenvalue weighted by Gasteiger charge is -2.29. The van der Waals surface area contributed by atoms with Crippen molar-refractivity contribution in [2.45, 2.75) is 36.7 Å². The first kappa shape index (κ1) is 32.5. The Balaban J connectivity index is 1.65. The summed E-state index contributed by atoms with van der Waals surface area (Å²) in [7, 11) is -0.524. The van der Waals surface area contributed by atoms with Crippen LogP contribution in [0, 0.1) is 16.4 Å². The summed E-state index contributed by atoms with van der Waals surface area (Å²) in [6.07, 6.45) is 1.16. The summed E-state index contributed by atoms with van der Waals surface area (Å²) in [6, 6.07) is 5.80. The lowest BCUT2D eigenvalue weighted by atomic mass is 9.97. The Hall–Kier alpha value is -3.43. The van der Waals surface area contributed by atoms with Crippen molar-refractivity contribution in [3.05, 3.63) is 58.1 Å². The zero-order valence-electron chi connectivity index (χ0n) is 23.4. The third-order valence-corrected chi connectivity index (χ3v) is 10.4. The zero-order chi connectivity index (χ0) is 31.5. The number of rotatable bonds is 14. The van der Waals surface area contributed by atoms with Gasteiger partial charge in [-0.05, 0) is 43.5 Å². The molecule has 1 fully saturated rings. The highest BCUT2D eigenvalue weighted by molar-refractivity contribution is 7.93. The minimum absolute atomic E-state index is 0.00988. The predicted molar refractivity (Wildman–Crippen MR) is 157 cm³/mol. The minimum atomic E-state index is -4.71. The van der Waals surface area contributed by atoms with E-state index in [4.69, 9.17) is 21.1 Å². The van der Waals surface area contributed by atoms with Gasteiger partial charge in [0.05, 0.1) is 50.4 Å². The average Bonchev–Trinajstić information content (AvgIpc) is 3.64. The van der Waals surface area contributed by atoms with E-state index in [0.29, 0.717) is 35.5 Å². The number of aromatic nitrogens is 1. The molecule has 234 valence electrons. The summed E-state index contributed by atoms with van der Waals surface area (Å²) < 4.78 is 82.1. The molecule has 0 saturated heterocycles. The number of hydrogen-bond acceptors (Lipinski definition) is 8. The molecule has 1 aromatic heterocycles. The first-order valence-corrected chi connectivity index (χ1v) is 15.6. The Kier molecular flexibility index (Phi) is 9.86. The van der Waals surface area contributed by atoms with Gasteiger partial charge < -0.3 is 24.8 Å². The largest absolute Gasteiger partial charge is 0.497 e. The summed E-state index contributed by atoms with van der Waals surface area (Å²) in [5.41, 5.74) is -0.216. The van der Waals surface area contributed by atoms with Crippen LogP contribution in [-0.4, -0.2) is 70.0 Å². The second-order valence-electron chi connectivity index (χ2n) is 10.2. The van der Waals surface area contributed by atoms with Gasteiger partial charge in [0, 0.05) is 30.6 Å². The predicted octanol–water partition coefficient (Wildman–Crippen LogP) is 6.02. The van der Waals surface area contributed by atoms with Gasteiger partial charge in [0.2, 0.25) is 5.13 Å². The highest BCUT2D eigenvalue weighted by Crippen LogP contribution is 2.50. The van der Waals surface area contributed by atoms with Gasteiger partial charge in [0.1, 0.15) is 22.2 Å². The van der Waals surface area contributed by atoms with Crippen LogP contribution in [0.3, 0.4) is 0 Å². The molecule has 10 nitrogen and oxygen atoms in total. The van der Waals surface area contributed by atoms with Gasteiger partial charge in [-0.25, -0.2) is 26.9 Å². The number of likely N-dealkylation sites (N-methyl/N-ethyl adjacent to an activating group) is 1. The number of methoxy groups -OCH3 is 2. The van der Waals surface area contributed by atoms with Crippen molar-refractivity contribution < 1.29 is 41.0 Å². The van der Waals surface area contributed by atoms with Gasteiger partial charge in [-0.15, -0.1) is 0 Å². The third kappa shape index (κ3) is 7.21. The van der Waals surface area contributed by atoms with Crippen molar-refractivity contribution in [1.82, 2.24) is 9.88 Å². The van der Waals surface area contributed by atoms with Crippen LogP contribution in [0.15, 0.2) is 41.4 Å². The number of carboxylic acid groups (broad SMARTS) is 1. The quantitative estimate of drug-likeness (QED) is 0.215. The molecule has 16 heteroatoms. The van der Waals surface area contributed by atoms with Gasteiger partial charge in [-0.1, -0.05) is 22.9 Å². The van der Waals surface area contributed by atoms with Crippen LogP contribution in [0.1, 0.15) is 24.8 Å². The van der Waals surface area contributed by atoms with Crippen LogP contribution in [0.4, 0.5) is 28.8 Å². The van der Waals surface area contributed by atoms with Gasteiger partial charge in [-0.3, -0.25) is 4.39 Å².